The Kier molecular flexibility index (Phi) is 5.12. The molecule has 0 N–H and O–H groups in total. The van der Waals surface area contributed by atoms with Gasteiger partial charge in [-0.2, -0.15) is 0 Å². The number of hydrogen-bond donors (Lipinski definition) is 0. The summed E-state index contributed by atoms with van der Waals surface area (Å²) in [6, 6.07) is 10.3. The van der Waals surface area contributed by atoms with Crippen LogP contribution in [0.2, 0.25) is 0 Å². The highest BCUT2D eigenvalue weighted by Gasteiger charge is 2.11. The number of rotatable bonds is 6. The van der Waals surface area contributed by atoms with Crippen molar-refractivity contribution in [2.45, 2.75) is 32.8 Å². The van der Waals surface area contributed by atoms with Crippen LogP contribution in [0.4, 0.5) is 8.78 Å². The Morgan fingerprint density at radius 3 is 2.56 bits per heavy atom. The number of fused-ring (bicyclic) bond motifs is 1. The van der Waals surface area contributed by atoms with Gasteiger partial charge in [0.2, 0.25) is 0 Å². The van der Waals surface area contributed by atoms with Crippen LogP contribution in [-0.4, -0.2) is 0 Å². The second kappa shape index (κ2) is 7.47. The molecule has 1 heterocycles. The van der Waals surface area contributed by atoms with Crippen molar-refractivity contribution in [1.82, 2.24) is 0 Å². The van der Waals surface area contributed by atoms with Crippen LogP contribution in [0, 0.1) is 11.6 Å². The molecule has 0 unspecified atom stereocenters. The van der Waals surface area contributed by atoms with E-state index >= 15 is 0 Å². The second-order valence-corrected chi connectivity index (χ2v) is 5.84. The maximum absolute atomic E-state index is 13.7. The summed E-state index contributed by atoms with van der Waals surface area (Å²) in [7, 11) is 0. The van der Waals surface area contributed by atoms with E-state index in [0.717, 1.165) is 30.2 Å². The van der Waals surface area contributed by atoms with Crippen LogP contribution in [-0.2, 0) is 13.0 Å². The highest BCUT2D eigenvalue weighted by molar-refractivity contribution is 5.81. The Balaban J connectivity index is 1.87. The Labute approximate surface area is 143 Å². The number of ether oxygens (including phenoxy) is 1. The SMILES string of the molecule is CCCCc1cc(=O)oc2cc(OCc3c(F)cccc3F)ccc12. The van der Waals surface area contributed by atoms with Crippen molar-refractivity contribution >= 4 is 11.0 Å². The van der Waals surface area contributed by atoms with Gasteiger partial charge in [0, 0.05) is 17.5 Å². The molecule has 0 saturated heterocycles. The largest absolute Gasteiger partial charge is 0.489 e. The summed E-state index contributed by atoms with van der Waals surface area (Å²) >= 11 is 0. The maximum atomic E-state index is 13.7. The molecule has 3 rings (SSSR count). The van der Waals surface area contributed by atoms with Gasteiger partial charge in [0.05, 0.1) is 5.56 Å². The van der Waals surface area contributed by atoms with Gasteiger partial charge in [-0.25, -0.2) is 13.6 Å². The van der Waals surface area contributed by atoms with Crippen LogP contribution in [0.25, 0.3) is 11.0 Å². The van der Waals surface area contributed by atoms with Crippen molar-refractivity contribution in [2.75, 3.05) is 0 Å². The fraction of sp³-hybridized carbons (Fsp3) is 0.250. The number of hydrogen-bond acceptors (Lipinski definition) is 3. The third-order valence-electron chi connectivity index (χ3n) is 4.05. The van der Waals surface area contributed by atoms with Crippen molar-refractivity contribution in [3.8, 4) is 5.75 Å². The molecule has 0 aliphatic rings. The molecule has 3 aromatic rings. The summed E-state index contributed by atoms with van der Waals surface area (Å²) in [4.78, 5) is 11.7. The fourth-order valence-corrected chi connectivity index (χ4v) is 2.70. The van der Waals surface area contributed by atoms with Crippen molar-refractivity contribution in [3.05, 3.63) is 75.6 Å². The topological polar surface area (TPSA) is 39.4 Å². The minimum absolute atomic E-state index is 0.138. The number of halogens is 2. The first-order valence-corrected chi connectivity index (χ1v) is 8.21. The molecule has 0 aliphatic carbocycles. The molecular weight excluding hydrogens is 326 g/mol. The average Bonchev–Trinajstić information content (AvgIpc) is 2.58. The lowest BCUT2D eigenvalue weighted by Crippen LogP contribution is -2.03. The summed E-state index contributed by atoms with van der Waals surface area (Å²) in [5.41, 5.74) is 0.779. The fourth-order valence-electron chi connectivity index (χ4n) is 2.70. The Hall–Kier alpha value is -2.69. The second-order valence-electron chi connectivity index (χ2n) is 5.84. The van der Waals surface area contributed by atoms with Gasteiger partial charge in [-0.15, -0.1) is 0 Å². The first-order valence-electron chi connectivity index (χ1n) is 8.21. The van der Waals surface area contributed by atoms with E-state index < -0.39 is 17.3 Å². The van der Waals surface area contributed by atoms with Gasteiger partial charge in [0.1, 0.15) is 29.6 Å². The summed E-state index contributed by atoms with van der Waals surface area (Å²) < 4.78 is 38.0. The molecule has 0 bridgehead atoms. The third-order valence-corrected chi connectivity index (χ3v) is 4.05. The van der Waals surface area contributed by atoms with E-state index in [0.29, 0.717) is 11.3 Å². The standard InChI is InChI=1S/C20H18F2O3/c1-2-3-5-13-10-20(23)25-19-11-14(8-9-15(13)19)24-12-16-17(21)6-4-7-18(16)22/h4,6-11H,2-3,5,12H2,1H3. The van der Waals surface area contributed by atoms with E-state index in [-0.39, 0.29) is 12.2 Å². The smallest absolute Gasteiger partial charge is 0.336 e. The quantitative estimate of drug-likeness (QED) is 0.591. The predicted molar refractivity (Wildman–Crippen MR) is 91.8 cm³/mol. The van der Waals surface area contributed by atoms with Gasteiger partial charge < -0.3 is 9.15 Å². The van der Waals surface area contributed by atoms with Gasteiger partial charge in [-0.3, -0.25) is 0 Å². The summed E-state index contributed by atoms with van der Waals surface area (Å²) in [6.45, 7) is 1.84. The lowest BCUT2D eigenvalue weighted by molar-refractivity contribution is 0.292. The predicted octanol–water partition coefficient (Wildman–Crippen LogP) is 4.99. The molecule has 0 saturated carbocycles. The van der Waals surface area contributed by atoms with Crippen LogP contribution in [0.3, 0.4) is 0 Å². The molecule has 0 amide bonds. The van der Waals surface area contributed by atoms with Gasteiger partial charge in [0.25, 0.3) is 0 Å². The van der Waals surface area contributed by atoms with Gasteiger partial charge in [-0.1, -0.05) is 19.4 Å². The molecule has 2 aromatic carbocycles. The van der Waals surface area contributed by atoms with Crippen LogP contribution in [0.1, 0.15) is 30.9 Å². The molecule has 0 fully saturated rings. The first-order chi connectivity index (χ1) is 12.1. The van der Waals surface area contributed by atoms with Crippen molar-refractivity contribution in [2.24, 2.45) is 0 Å². The molecule has 25 heavy (non-hydrogen) atoms. The summed E-state index contributed by atoms with van der Waals surface area (Å²) in [5.74, 6) is -0.936. The molecule has 0 atom stereocenters. The maximum Gasteiger partial charge on any atom is 0.336 e. The van der Waals surface area contributed by atoms with E-state index in [1.165, 1.54) is 24.3 Å². The van der Waals surface area contributed by atoms with Crippen LogP contribution in [0.5, 0.6) is 5.75 Å². The molecule has 0 aliphatic heterocycles. The van der Waals surface area contributed by atoms with Crippen molar-refractivity contribution < 1.29 is 17.9 Å². The van der Waals surface area contributed by atoms with Gasteiger partial charge in [-0.05, 0) is 42.7 Å². The van der Waals surface area contributed by atoms with E-state index in [4.69, 9.17) is 9.15 Å². The van der Waals surface area contributed by atoms with Crippen LogP contribution < -0.4 is 10.4 Å². The number of unbranched alkanes of at least 4 members (excludes halogenated alkanes) is 1. The van der Waals surface area contributed by atoms with Crippen LogP contribution >= 0.6 is 0 Å². The van der Waals surface area contributed by atoms with Crippen molar-refractivity contribution in [3.63, 3.8) is 0 Å². The average molecular weight is 344 g/mol. The highest BCUT2D eigenvalue weighted by atomic mass is 19.1. The number of benzene rings is 2. The normalized spacial score (nSPS) is 11.0. The lowest BCUT2D eigenvalue weighted by Gasteiger charge is -2.10. The molecule has 0 radical (unpaired) electrons. The number of aryl methyl sites for hydroxylation is 1. The monoisotopic (exact) mass is 344 g/mol. The minimum atomic E-state index is -0.658. The van der Waals surface area contributed by atoms with Crippen molar-refractivity contribution in [1.29, 1.82) is 0 Å². The summed E-state index contributed by atoms with van der Waals surface area (Å²) in [5, 5.41) is 0.845. The zero-order valence-electron chi connectivity index (χ0n) is 13.9. The van der Waals surface area contributed by atoms with Gasteiger partial charge in [0.15, 0.2) is 0 Å². The molecule has 3 nitrogen and oxygen atoms in total. The molecule has 0 spiro atoms. The molecule has 130 valence electrons. The first kappa shape index (κ1) is 17.1. The van der Waals surface area contributed by atoms with E-state index in [1.807, 2.05) is 0 Å². The summed E-state index contributed by atoms with van der Waals surface area (Å²) in [6.07, 6.45) is 2.79. The van der Waals surface area contributed by atoms with Gasteiger partial charge >= 0.3 is 5.63 Å². The third kappa shape index (κ3) is 3.87. The van der Waals surface area contributed by atoms with E-state index in [2.05, 4.69) is 6.92 Å². The molecule has 1 aromatic heterocycles. The minimum Gasteiger partial charge on any atom is -0.489 e. The Morgan fingerprint density at radius 1 is 1.08 bits per heavy atom. The molecular formula is C20H18F2O3. The van der Waals surface area contributed by atoms with E-state index in [1.54, 1.807) is 18.2 Å². The molecule has 5 heteroatoms. The van der Waals surface area contributed by atoms with E-state index in [9.17, 15) is 13.6 Å². The Bertz CT molecular complexity index is 927. The van der Waals surface area contributed by atoms with Crippen LogP contribution in [0.15, 0.2) is 51.7 Å². The lowest BCUT2D eigenvalue weighted by atomic mass is 10.0. The zero-order valence-corrected chi connectivity index (χ0v) is 13.9. The highest BCUT2D eigenvalue weighted by Crippen LogP contribution is 2.25. The Morgan fingerprint density at radius 2 is 1.84 bits per heavy atom. The zero-order chi connectivity index (χ0) is 17.8.